The highest BCUT2D eigenvalue weighted by atomic mass is 16.1. The second-order valence-corrected chi connectivity index (χ2v) is 6.52. The highest BCUT2D eigenvalue weighted by Crippen LogP contribution is 2.24. The summed E-state index contributed by atoms with van der Waals surface area (Å²) in [5.41, 5.74) is 6.02. The van der Waals surface area contributed by atoms with Crippen LogP contribution in [-0.4, -0.2) is 37.6 Å². The molecule has 2 aromatic carbocycles. The Bertz CT molecular complexity index is 703. The molecule has 0 spiro atoms. The van der Waals surface area contributed by atoms with E-state index in [2.05, 4.69) is 48.9 Å². The highest BCUT2D eigenvalue weighted by molar-refractivity contribution is 5.73. The fraction of sp³-hybridized carbons (Fsp3) is 0.350. The lowest BCUT2D eigenvalue weighted by Gasteiger charge is -2.40. The van der Waals surface area contributed by atoms with Gasteiger partial charge in [-0.2, -0.15) is 0 Å². The van der Waals surface area contributed by atoms with Crippen molar-refractivity contribution in [3.8, 4) is 0 Å². The minimum Gasteiger partial charge on any atom is -0.369 e. The van der Waals surface area contributed by atoms with Gasteiger partial charge in [0.15, 0.2) is 0 Å². The Morgan fingerprint density at radius 2 is 1.50 bits per heavy atom. The molecular weight excluding hydrogens is 298 g/mol. The van der Waals surface area contributed by atoms with Crippen LogP contribution in [0.25, 0.3) is 0 Å². The van der Waals surface area contributed by atoms with Crippen LogP contribution in [0.5, 0.6) is 0 Å². The zero-order chi connectivity index (χ0) is 17.1. The van der Waals surface area contributed by atoms with Gasteiger partial charge in [-0.15, -0.1) is 0 Å². The van der Waals surface area contributed by atoms with E-state index in [1.807, 2.05) is 24.3 Å². The van der Waals surface area contributed by atoms with Crippen LogP contribution in [-0.2, 0) is 4.79 Å². The number of hydrogen-bond acceptors (Lipinski definition) is 3. The first kappa shape index (κ1) is 16.5. The molecule has 0 saturated carbocycles. The Labute approximate surface area is 144 Å². The molecule has 24 heavy (non-hydrogen) atoms. The van der Waals surface area contributed by atoms with Crippen LogP contribution in [0.2, 0.25) is 0 Å². The molecule has 3 rings (SSSR count). The van der Waals surface area contributed by atoms with Crippen molar-refractivity contribution in [1.29, 1.82) is 0 Å². The van der Waals surface area contributed by atoms with Gasteiger partial charge in [0, 0.05) is 31.9 Å². The Hall–Kier alpha value is -2.33. The van der Waals surface area contributed by atoms with Crippen molar-refractivity contribution in [3.05, 3.63) is 59.2 Å². The van der Waals surface area contributed by atoms with Crippen LogP contribution in [0.3, 0.4) is 0 Å². The Morgan fingerprint density at radius 3 is 2.12 bits per heavy atom. The molecular formula is C20H25N3O. The maximum atomic E-state index is 11.6. The molecule has 1 aliphatic rings. The molecule has 0 N–H and O–H groups in total. The molecule has 1 amide bonds. The summed E-state index contributed by atoms with van der Waals surface area (Å²) in [4.78, 5) is 14.0. The van der Waals surface area contributed by atoms with Gasteiger partial charge in [0.05, 0.1) is 5.69 Å². The standard InChI is InChI=1S/C20H25N3O/c1-16-5-8-19(9-6-16)23(15-24)22-12-10-21(11-13-22)20-14-17(2)4-7-18(20)3/h4-9,14-15H,10-13H2,1-3H3. The largest absolute Gasteiger partial charge is 0.369 e. The lowest BCUT2D eigenvalue weighted by atomic mass is 10.1. The summed E-state index contributed by atoms with van der Waals surface area (Å²) in [6, 6.07) is 14.7. The predicted octanol–water partition coefficient (Wildman–Crippen LogP) is 3.31. The van der Waals surface area contributed by atoms with Gasteiger partial charge in [0.25, 0.3) is 0 Å². The molecule has 4 nitrogen and oxygen atoms in total. The molecule has 1 saturated heterocycles. The molecule has 0 aromatic heterocycles. The topological polar surface area (TPSA) is 26.8 Å². The summed E-state index contributed by atoms with van der Waals surface area (Å²) in [6.07, 6.45) is 0.915. The lowest BCUT2D eigenvalue weighted by molar-refractivity contribution is -0.110. The van der Waals surface area contributed by atoms with E-state index in [9.17, 15) is 4.79 Å². The van der Waals surface area contributed by atoms with E-state index in [1.165, 1.54) is 22.4 Å². The minimum absolute atomic E-state index is 0.833. The molecule has 1 aliphatic heterocycles. The summed E-state index contributed by atoms with van der Waals surface area (Å²) in [5.74, 6) is 0. The molecule has 0 radical (unpaired) electrons. The van der Waals surface area contributed by atoms with E-state index in [0.717, 1.165) is 38.3 Å². The van der Waals surface area contributed by atoms with Crippen LogP contribution in [0.15, 0.2) is 42.5 Å². The summed E-state index contributed by atoms with van der Waals surface area (Å²) in [7, 11) is 0. The molecule has 126 valence electrons. The number of amides is 1. The maximum absolute atomic E-state index is 11.6. The third-order valence-electron chi connectivity index (χ3n) is 4.66. The number of rotatable bonds is 4. The van der Waals surface area contributed by atoms with Gasteiger partial charge in [-0.05, 0) is 50.1 Å². The number of piperazine rings is 1. The van der Waals surface area contributed by atoms with Crippen molar-refractivity contribution < 1.29 is 4.79 Å². The quantitative estimate of drug-likeness (QED) is 0.808. The molecule has 0 aliphatic carbocycles. The Morgan fingerprint density at radius 1 is 0.875 bits per heavy atom. The van der Waals surface area contributed by atoms with E-state index < -0.39 is 0 Å². The van der Waals surface area contributed by atoms with Gasteiger partial charge in [-0.25, -0.2) is 10.0 Å². The first-order valence-corrected chi connectivity index (χ1v) is 8.47. The zero-order valence-corrected chi connectivity index (χ0v) is 14.7. The fourth-order valence-corrected chi connectivity index (χ4v) is 3.20. The zero-order valence-electron chi connectivity index (χ0n) is 14.7. The molecule has 2 aromatic rings. The molecule has 0 bridgehead atoms. The number of hydrazine groups is 1. The monoisotopic (exact) mass is 323 g/mol. The van der Waals surface area contributed by atoms with Crippen LogP contribution >= 0.6 is 0 Å². The van der Waals surface area contributed by atoms with Gasteiger partial charge < -0.3 is 4.90 Å². The Balaban J connectivity index is 1.70. The van der Waals surface area contributed by atoms with Gasteiger partial charge in [0.1, 0.15) is 0 Å². The minimum atomic E-state index is 0.833. The summed E-state index contributed by atoms with van der Waals surface area (Å²) < 4.78 is 0. The number of nitrogens with zero attached hydrogens (tertiary/aromatic N) is 3. The summed E-state index contributed by atoms with van der Waals surface area (Å²) in [5, 5.41) is 3.86. The number of carbonyl (C=O) groups is 1. The average Bonchev–Trinajstić information content (AvgIpc) is 2.60. The number of carbonyl (C=O) groups excluding carboxylic acids is 1. The fourth-order valence-electron chi connectivity index (χ4n) is 3.20. The highest BCUT2D eigenvalue weighted by Gasteiger charge is 2.23. The van der Waals surface area contributed by atoms with Crippen LogP contribution in [0, 0.1) is 20.8 Å². The molecule has 1 heterocycles. The van der Waals surface area contributed by atoms with Crippen molar-refractivity contribution in [2.24, 2.45) is 0 Å². The van der Waals surface area contributed by atoms with Crippen molar-refractivity contribution in [3.63, 3.8) is 0 Å². The van der Waals surface area contributed by atoms with Crippen molar-refractivity contribution in [2.45, 2.75) is 20.8 Å². The van der Waals surface area contributed by atoms with Gasteiger partial charge in [-0.3, -0.25) is 4.79 Å². The van der Waals surface area contributed by atoms with E-state index in [1.54, 1.807) is 5.01 Å². The number of anilines is 2. The van der Waals surface area contributed by atoms with E-state index in [-0.39, 0.29) is 0 Å². The first-order valence-electron chi connectivity index (χ1n) is 8.47. The first-order chi connectivity index (χ1) is 11.6. The summed E-state index contributed by atoms with van der Waals surface area (Å²) in [6.45, 7) is 9.84. The SMILES string of the molecule is Cc1ccc(N(C=O)N2CCN(c3cc(C)ccc3C)CC2)cc1. The molecule has 0 unspecified atom stereocenters. The number of benzene rings is 2. The maximum Gasteiger partial charge on any atom is 0.228 e. The average molecular weight is 323 g/mol. The van der Waals surface area contributed by atoms with E-state index >= 15 is 0 Å². The van der Waals surface area contributed by atoms with Crippen LogP contribution < -0.4 is 9.91 Å². The van der Waals surface area contributed by atoms with Crippen LogP contribution in [0.1, 0.15) is 16.7 Å². The second-order valence-electron chi connectivity index (χ2n) is 6.52. The van der Waals surface area contributed by atoms with Gasteiger partial charge in [0.2, 0.25) is 6.41 Å². The lowest BCUT2D eigenvalue weighted by Crippen LogP contribution is -2.53. The number of aryl methyl sites for hydroxylation is 3. The normalized spacial score (nSPS) is 15.4. The second kappa shape index (κ2) is 7.05. The molecule has 0 atom stereocenters. The van der Waals surface area contributed by atoms with E-state index in [0.29, 0.717) is 0 Å². The summed E-state index contributed by atoms with van der Waals surface area (Å²) >= 11 is 0. The van der Waals surface area contributed by atoms with Gasteiger partial charge >= 0.3 is 0 Å². The molecule has 1 fully saturated rings. The van der Waals surface area contributed by atoms with Crippen molar-refractivity contribution in [1.82, 2.24) is 5.01 Å². The third kappa shape index (κ3) is 3.44. The van der Waals surface area contributed by atoms with Crippen LogP contribution in [0.4, 0.5) is 11.4 Å². The van der Waals surface area contributed by atoms with Crippen molar-refractivity contribution >= 4 is 17.8 Å². The Kier molecular flexibility index (Phi) is 4.86. The van der Waals surface area contributed by atoms with E-state index in [4.69, 9.17) is 0 Å². The molecule has 4 heteroatoms. The third-order valence-corrected chi connectivity index (χ3v) is 4.66. The van der Waals surface area contributed by atoms with Crippen molar-refractivity contribution in [2.75, 3.05) is 36.1 Å². The van der Waals surface area contributed by atoms with Gasteiger partial charge in [-0.1, -0.05) is 29.8 Å². The predicted molar refractivity (Wildman–Crippen MR) is 99.4 cm³/mol. The number of hydrogen-bond donors (Lipinski definition) is 0. The smallest absolute Gasteiger partial charge is 0.228 e.